The van der Waals surface area contributed by atoms with Crippen LogP contribution < -0.4 is 5.32 Å². The van der Waals surface area contributed by atoms with Crippen molar-refractivity contribution in [3.8, 4) is 11.4 Å². The number of benzene rings is 1. The van der Waals surface area contributed by atoms with Gasteiger partial charge in [0.2, 0.25) is 17.6 Å². The van der Waals surface area contributed by atoms with Gasteiger partial charge in [0.15, 0.2) is 0 Å². The van der Waals surface area contributed by atoms with Crippen molar-refractivity contribution in [2.24, 2.45) is 5.41 Å². The molecular weight excluding hydrogens is 478 g/mol. The Morgan fingerprint density at radius 3 is 2.42 bits per heavy atom. The first-order valence-electron chi connectivity index (χ1n) is 13.7. The van der Waals surface area contributed by atoms with Crippen LogP contribution in [0.25, 0.3) is 11.4 Å². The Morgan fingerprint density at radius 2 is 1.82 bits per heavy atom. The van der Waals surface area contributed by atoms with E-state index in [1.807, 2.05) is 6.07 Å². The lowest BCUT2D eigenvalue weighted by Crippen LogP contribution is -2.63. The Morgan fingerprint density at radius 1 is 1.13 bits per heavy atom. The molecule has 3 aromatic rings. The fraction of sp³-hybridized carbons (Fsp3) is 0.533. The van der Waals surface area contributed by atoms with E-state index in [0.29, 0.717) is 17.6 Å². The van der Waals surface area contributed by atoms with Gasteiger partial charge < -0.3 is 19.8 Å². The number of carbonyl (C=O) groups is 1. The molecule has 1 atom stereocenters. The molecule has 2 aliphatic rings. The monoisotopic (exact) mass is 517 g/mol. The van der Waals surface area contributed by atoms with E-state index in [4.69, 9.17) is 9.51 Å². The van der Waals surface area contributed by atoms with Crippen LogP contribution in [0.5, 0.6) is 0 Å². The summed E-state index contributed by atoms with van der Waals surface area (Å²) in [7, 11) is 2.07. The Kier molecular flexibility index (Phi) is 7.13. The first-order chi connectivity index (χ1) is 18.1. The summed E-state index contributed by atoms with van der Waals surface area (Å²) in [5.74, 6) is 1.71. The zero-order chi connectivity index (χ0) is 27.1. The van der Waals surface area contributed by atoms with Gasteiger partial charge in [-0.1, -0.05) is 50.2 Å². The molecule has 3 heterocycles. The van der Waals surface area contributed by atoms with E-state index in [0.717, 1.165) is 55.5 Å². The number of nitrogens with one attached hydrogen (secondary N) is 1. The number of rotatable bonds is 7. The second kappa shape index (κ2) is 10.2. The van der Waals surface area contributed by atoms with Crippen LogP contribution in [0.15, 0.2) is 47.2 Å². The summed E-state index contributed by atoms with van der Waals surface area (Å²) in [4.78, 5) is 22.8. The minimum atomic E-state index is -1.23. The van der Waals surface area contributed by atoms with Crippen molar-refractivity contribution < 1.29 is 14.4 Å². The highest BCUT2D eigenvalue weighted by molar-refractivity contribution is 5.73. The van der Waals surface area contributed by atoms with Crippen LogP contribution in [0.3, 0.4) is 0 Å². The fourth-order valence-corrected chi connectivity index (χ4v) is 6.40. The van der Waals surface area contributed by atoms with E-state index < -0.39 is 5.60 Å². The maximum Gasteiger partial charge on any atom is 0.230 e. The van der Waals surface area contributed by atoms with Gasteiger partial charge in [-0.15, -0.1) is 0 Å². The Hall–Kier alpha value is -3.10. The predicted octanol–water partition coefficient (Wildman–Crippen LogP) is 4.60. The fourth-order valence-electron chi connectivity index (χ4n) is 6.40. The van der Waals surface area contributed by atoms with Crippen molar-refractivity contribution in [3.05, 3.63) is 65.3 Å². The molecule has 1 aromatic carbocycles. The molecule has 1 saturated heterocycles. The average molecular weight is 518 g/mol. The quantitative estimate of drug-likeness (QED) is 0.472. The van der Waals surface area contributed by atoms with Crippen LogP contribution in [0.1, 0.15) is 87.8 Å². The van der Waals surface area contributed by atoms with Gasteiger partial charge in [-0.05, 0) is 55.8 Å². The van der Waals surface area contributed by atoms with Gasteiger partial charge >= 0.3 is 0 Å². The number of aromatic nitrogens is 3. The topological polar surface area (TPSA) is 104 Å². The zero-order valence-electron chi connectivity index (χ0n) is 23.1. The molecule has 0 radical (unpaired) electrons. The minimum absolute atomic E-state index is 0.0131. The molecule has 1 aliphatic heterocycles. The lowest BCUT2D eigenvalue weighted by molar-refractivity contribution is -0.127. The highest BCUT2D eigenvalue weighted by atomic mass is 16.5. The molecule has 1 saturated carbocycles. The molecular formula is C30H39N5O3. The normalized spacial score (nSPS) is 23.0. The van der Waals surface area contributed by atoms with Crippen LogP contribution in [-0.2, 0) is 10.4 Å². The van der Waals surface area contributed by atoms with Crippen molar-refractivity contribution in [2.45, 2.75) is 76.9 Å². The summed E-state index contributed by atoms with van der Waals surface area (Å²) in [6, 6.07) is 10.5. The van der Waals surface area contributed by atoms with Gasteiger partial charge in [-0.25, -0.2) is 0 Å². The van der Waals surface area contributed by atoms with Gasteiger partial charge in [0.05, 0.1) is 0 Å². The molecule has 1 aliphatic carbocycles. The van der Waals surface area contributed by atoms with Crippen molar-refractivity contribution in [1.82, 2.24) is 25.3 Å². The third-order valence-electron chi connectivity index (χ3n) is 8.45. The van der Waals surface area contributed by atoms with E-state index in [1.54, 1.807) is 19.3 Å². The van der Waals surface area contributed by atoms with Crippen LogP contribution in [0.2, 0.25) is 0 Å². The smallest absolute Gasteiger partial charge is 0.230 e. The molecule has 8 heteroatoms. The summed E-state index contributed by atoms with van der Waals surface area (Å²) >= 11 is 0. The second-order valence-electron chi connectivity index (χ2n) is 11.9. The third kappa shape index (κ3) is 4.87. The van der Waals surface area contributed by atoms with Gasteiger partial charge in [0, 0.05) is 60.9 Å². The zero-order valence-corrected chi connectivity index (χ0v) is 23.1. The highest BCUT2D eigenvalue weighted by Gasteiger charge is 2.55. The largest absolute Gasteiger partial charge is 0.380 e. The summed E-state index contributed by atoms with van der Waals surface area (Å²) in [6.07, 6.45) is 7.06. The lowest BCUT2D eigenvalue weighted by Gasteiger charge is -2.55. The molecule has 5 rings (SSSR count). The number of hydrogen-bond acceptors (Lipinski definition) is 7. The summed E-state index contributed by atoms with van der Waals surface area (Å²) < 4.78 is 5.69. The number of carbonyl (C=O) groups excluding carboxylic acids is 1. The van der Waals surface area contributed by atoms with Crippen LogP contribution in [0.4, 0.5) is 0 Å². The van der Waals surface area contributed by atoms with E-state index in [2.05, 4.69) is 72.4 Å². The average Bonchev–Trinajstić information content (AvgIpc) is 3.38. The first-order valence-corrected chi connectivity index (χ1v) is 13.7. The molecule has 2 N–H and O–H groups in total. The van der Waals surface area contributed by atoms with Crippen LogP contribution >= 0.6 is 0 Å². The third-order valence-corrected chi connectivity index (χ3v) is 8.45. The van der Waals surface area contributed by atoms with Gasteiger partial charge in [0.25, 0.3) is 0 Å². The number of nitrogens with zero attached hydrogens (tertiary/aromatic N) is 4. The number of aliphatic hydroxyl groups is 1. The van der Waals surface area contributed by atoms with E-state index >= 15 is 0 Å². The second-order valence-corrected chi connectivity index (χ2v) is 11.9. The van der Waals surface area contributed by atoms with Crippen molar-refractivity contribution >= 4 is 5.91 Å². The van der Waals surface area contributed by atoms with Crippen LogP contribution in [0, 0.1) is 5.41 Å². The van der Waals surface area contributed by atoms with E-state index in [9.17, 15) is 9.90 Å². The SMILES string of the molecule is CC(=O)N[C@H]1CC[C@H](c2nc(-c3cncc([C@@](O)(c4ccc(C(C)C)cc4)C4(C)CN(C)C4)c3)no2)CC1. The maximum absolute atomic E-state index is 12.5. The maximum atomic E-state index is 12.5. The molecule has 38 heavy (non-hydrogen) atoms. The van der Waals surface area contributed by atoms with Gasteiger partial charge in [-0.3, -0.25) is 9.78 Å². The molecule has 202 valence electrons. The lowest BCUT2D eigenvalue weighted by atomic mass is 9.62. The number of hydrogen-bond donors (Lipinski definition) is 2. The summed E-state index contributed by atoms with van der Waals surface area (Å²) in [6.45, 7) is 9.58. The Bertz CT molecular complexity index is 1270. The molecule has 2 fully saturated rings. The van der Waals surface area contributed by atoms with Gasteiger partial charge in [-0.2, -0.15) is 4.98 Å². The number of likely N-dealkylation sites (tertiary alicyclic amines) is 1. The van der Waals surface area contributed by atoms with Crippen molar-refractivity contribution in [3.63, 3.8) is 0 Å². The van der Waals surface area contributed by atoms with Crippen molar-refractivity contribution in [2.75, 3.05) is 20.1 Å². The molecule has 0 bridgehead atoms. The first kappa shape index (κ1) is 26.5. The minimum Gasteiger partial charge on any atom is -0.380 e. The van der Waals surface area contributed by atoms with E-state index in [-0.39, 0.29) is 23.3 Å². The van der Waals surface area contributed by atoms with Crippen molar-refractivity contribution in [1.29, 1.82) is 0 Å². The van der Waals surface area contributed by atoms with Gasteiger partial charge in [0.1, 0.15) is 5.60 Å². The number of amides is 1. The highest BCUT2D eigenvalue weighted by Crippen LogP contribution is 2.50. The Balaban J connectivity index is 1.43. The standard InChI is InChI=1S/C30H39N5O3/c1-19(2)21-6-10-24(11-7-21)30(37,29(4)17-35(5)18-29)25-14-23(15-31-16-25)27-33-28(38-34-27)22-8-12-26(13-9-22)32-20(3)36/h6-7,10-11,14-16,19,22,26,37H,8-9,12-13,17-18H2,1-5H3,(H,32,36)/t22-,26-,30-/m0/s1. The van der Waals surface area contributed by atoms with Crippen LogP contribution in [-0.4, -0.2) is 57.2 Å². The molecule has 1 amide bonds. The molecule has 0 spiro atoms. The summed E-state index contributed by atoms with van der Waals surface area (Å²) in [5.41, 5.74) is 1.94. The molecule has 8 nitrogen and oxygen atoms in total. The molecule has 0 unspecified atom stereocenters. The van der Waals surface area contributed by atoms with E-state index in [1.165, 1.54) is 5.56 Å². The predicted molar refractivity (Wildman–Crippen MR) is 145 cm³/mol. The number of pyridine rings is 1. The Labute approximate surface area is 224 Å². The summed E-state index contributed by atoms with van der Waals surface area (Å²) in [5, 5.41) is 19.8. The molecule has 2 aromatic heterocycles.